The SMILES string of the molecule is CCNC(=O)c1cccc(NC(=O)C(C)(CC)CN)c1. The number of amides is 2. The quantitative estimate of drug-likeness (QED) is 0.740. The normalized spacial score (nSPS) is 13.4. The molecule has 20 heavy (non-hydrogen) atoms. The van der Waals surface area contributed by atoms with Crippen LogP contribution in [0.1, 0.15) is 37.6 Å². The summed E-state index contributed by atoms with van der Waals surface area (Å²) in [6.45, 7) is 6.47. The van der Waals surface area contributed by atoms with E-state index >= 15 is 0 Å². The van der Waals surface area contributed by atoms with Crippen molar-refractivity contribution >= 4 is 17.5 Å². The monoisotopic (exact) mass is 277 g/mol. The molecule has 110 valence electrons. The van der Waals surface area contributed by atoms with E-state index in [-0.39, 0.29) is 18.4 Å². The van der Waals surface area contributed by atoms with Crippen LogP contribution < -0.4 is 16.4 Å². The summed E-state index contributed by atoms with van der Waals surface area (Å²) in [5.74, 6) is -0.281. The third-order valence-corrected chi connectivity index (χ3v) is 3.50. The van der Waals surface area contributed by atoms with Crippen molar-refractivity contribution in [1.29, 1.82) is 0 Å². The fraction of sp³-hybridized carbons (Fsp3) is 0.467. The van der Waals surface area contributed by atoms with Gasteiger partial charge in [-0.2, -0.15) is 0 Å². The van der Waals surface area contributed by atoms with Gasteiger partial charge in [-0.15, -0.1) is 0 Å². The maximum absolute atomic E-state index is 12.2. The summed E-state index contributed by atoms with van der Waals surface area (Å²) in [5, 5.41) is 5.55. The molecule has 4 N–H and O–H groups in total. The molecule has 0 heterocycles. The number of nitrogens with two attached hydrogens (primary N) is 1. The van der Waals surface area contributed by atoms with Crippen LogP contribution in [-0.4, -0.2) is 24.9 Å². The van der Waals surface area contributed by atoms with Crippen LogP contribution in [-0.2, 0) is 4.79 Å². The van der Waals surface area contributed by atoms with Gasteiger partial charge >= 0.3 is 0 Å². The zero-order chi connectivity index (χ0) is 15.2. The Balaban J connectivity index is 2.86. The molecule has 1 rings (SSSR count). The smallest absolute Gasteiger partial charge is 0.251 e. The summed E-state index contributed by atoms with van der Waals surface area (Å²) in [4.78, 5) is 24.0. The summed E-state index contributed by atoms with van der Waals surface area (Å²) in [7, 11) is 0. The average molecular weight is 277 g/mol. The summed E-state index contributed by atoms with van der Waals surface area (Å²) >= 11 is 0. The number of nitrogens with one attached hydrogen (secondary N) is 2. The molecule has 1 atom stereocenters. The highest BCUT2D eigenvalue weighted by molar-refractivity contribution is 5.98. The van der Waals surface area contributed by atoms with Crippen molar-refractivity contribution in [3.63, 3.8) is 0 Å². The zero-order valence-electron chi connectivity index (χ0n) is 12.3. The predicted octanol–water partition coefficient (Wildman–Crippen LogP) is 1.75. The van der Waals surface area contributed by atoms with E-state index in [9.17, 15) is 9.59 Å². The first-order valence-electron chi connectivity index (χ1n) is 6.86. The molecule has 0 radical (unpaired) electrons. The first-order valence-corrected chi connectivity index (χ1v) is 6.86. The van der Waals surface area contributed by atoms with Gasteiger partial charge in [0, 0.05) is 24.3 Å². The minimum atomic E-state index is -0.596. The van der Waals surface area contributed by atoms with E-state index in [2.05, 4.69) is 10.6 Å². The van der Waals surface area contributed by atoms with Gasteiger partial charge in [0.2, 0.25) is 5.91 Å². The lowest BCUT2D eigenvalue weighted by atomic mass is 9.86. The van der Waals surface area contributed by atoms with Crippen LogP contribution in [0.3, 0.4) is 0 Å². The lowest BCUT2D eigenvalue weighted by Gasteiger charge is -2.25. The molecule has 1 aromatic rings. The van der Waals surface area contributed by atoms with Gasteiger partial charge in [-0.3, -0.25) is 9.59 Å². The van der Waals surface area contributed by atoms with Crippen LogP contribution in [0.25, 0.3) is 0 Å². The topological polar surface area (TPSA) is 84.2 Å². The van der Waals surface area contributed by atoms with E-state index in [1.54, 1.807) is 24.3 Å². The summed E-state index contributed by atoms with van der Waals surface area (Å²) < 4.78 is 0. The summed E-state index contributed by atoms with van der Waals surface area (Å²) in [5.41, 5.74) is 6.20. The maximum Gasteiger partial charge on any atom is 0.251 e. The van der Waals surface area contributed by atoms with E-state index in [0.29, 0.717) is 24.2 Å². The summed E-state index contributed by atoms with van der Waals surface area (Å²) in [6, 6.07) is 6.87. The molecule has 2 amide bonds. The Hall–Kier alpha value is -1.88. The molecule has 0 fully saturated rings. The molecule has 0 aliphatic carbocycles. The first kappa shape index (κ1) is 16.2. The Morgan fingerprint density at radius 3 is 2.55 bits per heavy atom. The highest BCUT2D eigenvalue weighted by atomic mass is 16.2. The molecule has 1 aromatic carbocycles. The standard InChI is InChI=1S/C15H23N3O2/c1-4-15(3,10-16)14(20)18-12-8-6-7-11(9-12)13(19)17-5-2/h6-9H,4-5,10,16H2,1-3H3,(H,17,19)(H,18,20). The van der Waals surface area contributed by atoms with Gasteiger partial charge in [0.1, 0.15) is 0 Å². The van der Waals surface area contributed by atoms with Crippen molar-refractivity contribution in [2.45, 2.75) is 27.2 Å². The molecule has 0 saturated carbocycles. The Labute approximate surface area is 119 Å². The molecular formula is C15H23N3O2. The second-order valence-corrected chi connectivity index (χ2v) is 5.01. The van der Waals surface area contributed by atoms with Crippen LogP contribution >= 0.6 is 0 Å². The van der Waals surface area contributed by atoms with Crippen LogP contribution in [0.4, 0.5) is 5.69 Å². The van der Waals surface area contributed by atoms with Crippen molar-refractivity contribution in [2.75, 3.05) is 18.4 Å². The largest absolute Gasteiger partial charge is 0.352 e. The van der Waals surface area contributed by atoms with Gasteiger partial charge < -0.3 is 16.4 Å². The molecule has 5 nitrogen and oxygen atoms in total. The Morgan fingerprint density at radius 1 is 1.30 bits per heavy atom. The number of hydrogen-bond donors (Lipinski definition) is 3. The molecule has 0 aliphatic heterocycles. The van der Waals surface area contributed by atoms with Crippen molar-refractivity contribution in [1.82, 2.24) is 5.32 Å². The minimum absolute atomic E-state index is 0.129. The van der Waals surface area contributed by atoms with Gasteiger partial charge in [-0.1, -0.05) is 13.0 Å². The molecule has 0 saturated heterocycles. The van der Waals surface area contributed by atoms with Crippen LogP contribution in [0.5, 0.6) is 0 Å². The predicted molar refractivity (Wildman–Crippen MR) is 80.5 cm³/mol. The van der Waals surface area contributed by atoms with Gasteiger partial charge in [0.25, 0.3) is 5.91 Å². The van der Waals surface area contributed by atoms with Crippen molar-refractivity contribution in [2.24, 2.45) is 11.1 Å². The maximum atomic E-state index is 12.2. The lowest BCUT2D eigenvalue weighted by Crippen LogP contribution is -2.39. The molecule has 0 aromatic heterocycles. The van der Waals surface area contributed by atoms with Gasteiger partial charge in [-0.05, 0) is 38.5 Å². The molecule has 0 bridgehead atoms. The Morgan fingerprint density at radius 2 is 2.00 bits per heavy atom. The van der Waals surface area contributed by atoms with Gasteiger partial charge in [0.05, 0.1) is 5.41 Å². The second-order valence-electron chi connectivity index (χ2n) is 5.01. The third-order valence-electron chi connectivity index (χ3n) is 3.50. The summed E-state index contributed by atoms with van der Waals surface area (Å²) in [6.07, 6.45) is 0.658. The Bertz CT molecular complexity index is 482. The van der Waals surface area contributed by atoms with E-state index in [4.69, 9.17) is 5.73 Å². The van der Waals surface area contributed by atoms with Crippen molar-refractivity contribution in [3.05, 3.63) is 29.8 Å². The molecular weight excluding hydrogens is 254 g/mol. The van der Waals surface area contributed by atoms with Gasteiger partial charge in [-0.25, -0.2) is 0 Å². The fourth-order valence-electron chi connectivity index (χ4n) is 1.68. The van der Waals surface area contributed by atoms with E-state index in [0.717, 1.165) is 0 Å². The number of benzene rings is 1. The van der Waals surface area contributed by atoms with Crippen molar-refractivity contribution in [3.8, 4) is 0 Å². The molecule has 1 unspecified atom stereocenters. The molecule has 0 aliphatic rings. The highest BCUT2D eigenvalue weighted by Gasteiger charge is 2.29. The van der Waals surface area contributed by atoms with Crippen LogP contribution in [0.2, 0.25) is 0 Å². The zero-order valence-corrected chi connectivity index (χ0v) is 12.3. The fourth-order valence-corrected chi connectivity index (χ4v) is 1.68. The van der Waals surface area contributed by atoms with Crippen LogP contribution in [0, 0.1) is 5.41 Å². The van der Waals surface area contributed by atoms with Crippen LogP contribution in [0.15, 0.2) is 24.3 Å². The van der Waals surface area contributed by atoms with E-state index in [1.165, 1.54) is 0 Å². The molecule has 5 heteroatoms. The first-order chi connectivity index (χ1) is 9.46. The van der Waals surface area contributed by atoms with Crippen molar-refractivity contribution < 1.29 is 9.59 Å². The number of rotatable bonds is 6. The average Bonchev–Trinajstić information content (AvgIpc) is 2.46. The number of hydrogen-bond acceptors (Lipinski definition) is 3. The second kappa shape index (κ2) is 7.05. The minimum Gasteiger partial charge on any atom is -0.352 e. The molecule has 0 spiro atoms. The van der Waals surface area contributed by atoms with E-state index < -0.39 is 5.41 Å². The number of carbonyl (C=O) groups excluding carboxylic acids is 2. The highest BCUT2D eigenvalue weighted by Crippen LogP contribution is 2.22. The Kier molecular flexibility index (Phi) is 5.70. The number of carbonyl (C=O) groups is 2. The number of anilines is 1. The third kappa shape index (κ3) is 3.81. The van der Waals surface area contributed by atoms with Gasteiger partial charge in [0.15, 0.2) is 0 Å². The lowest BCUT2D eigenvalue weighted by molar-refractivity contribution is -0.124. The van der Waals surface area contributed by atoms with E-state index in [1.807, 2.05) is 20.8 Å².